The number of amides is 2. The second kappa shape index (κ2) is 10.0. The molecule has 8 heteroatoms. The van der Waals surface area contributed by atoms with Gasteiger partial charge in [0.1, 0.15) is 29.5 Å². The molecule has 1 aliphatic heterocycles. The van der Waals surface area contributed by atoms with Gasteiger partial charge < -0.3 is 19.4 Å². The fourth-order valence-electron chi connectivity index (χ4n) is 3.62. The highest BCUT2D eigenvalue weighted by molar-refractivity contribution is 8.16. The largest absolute Gasteiger partial charge is 0.492 e. The molecule has 1 atom stereocenters. The predicted octanol–water partition coefficient (Wildman–Crippen LogP) is 4.39. The van der Waals surface area contributed by atoms with Gasteiger partial charge in [0.2, 0.25) is 5.91 Å². The van der Waals surface area contributed by atoms with Crippen LogP contribution in [0.3, 0.4) is 0 Å². The van der Waals surface area contributed by atoms with Gasteiger partial charge in [0.05, 0.1) is 6.54 Å². The summed E-state index contributed by atoms with van der Waals surface area (Å²) in [5, 5.41) is 2.06. The second-order valence-electron chi connectivity index (χ2n) is 8.13. The first-order chi connectivity index (χ1) is 15.9. The Morgan fingerprint density at radius 3 is 2.42 bits per heavy atom. The summed E-state index contributed by atoms with van der Waals surface area (Å²) in [6.45, 7) is 3.46. The standard InChI is InChI=1S/C25H27N3O4S/c1-25(23(29)27-24(30)33-25)16-18-8-10-20(11-9-18)31-15-14-28(2)22-21(12-13-26-22)32-17-19-6-4-3-5-7-19/h3-13,26H,14-17H2,1-2H3,(H,27,29,30). The smallest absolute Gasteiger partial charge is 0.286 e. The van der Waals surface area contributed by atoms with Gasteiger partial charge in [-0.1, -0.05) is 42.5 Å². The molecular weight excluding hydrogens is 438 g/mol. The number of carbonyl (C=O) groups excluding carboxylic acids is 2. The molecule has 2 aromatic carbocycles. The number of imide groups is 1. The number of hydrogen-bond acceptors (Lipinski definition) is 6. The third-order valence-electron chi connectivity index (χ3n) is 5.48. The van der Waals surface area contributed by atoms with E-state index in [1.807, 2.05) is 73.9 Å². The van der Waals surface area contributed by atoms with Crippen molar-refractivity contribution in [3.05, 3.63) is 78.0 Å². The van der Waals surface area contributed by atoms with E-state index in [1.165, 1.54) is 0 Å². The van der Waals surface area contributed by atoms with Crippen molar-refractivity contribution >= 4 is 28.7 Å². The van der Waals surface area contributed by atoms with E-state index in [4.69, 9.17) is 9.47 Å². The summed E-state index contributed by atoms with van der Waals surface area (Å²) in [5.41, 5.74) is 2.10. The van der Waals surface area contributed by atoms with Crippen LogP contribution in [-0.4, -0.2) is 41.1 Å². The molecule has 3 aromatic rings. The Labute approximate surface area is 197 Å². The van der Waals surface area contributed by atoms with E-state index in [0.717, 1.165) is 40.2 Å². The molecule has 0 spiro atoms. The van der Waals surface area contributed by atoms with E-state index in [2.05, 4.69) is 15.2 Å². The molecule has 2 N–H and O–H groups in total. The molecular formula is C25H27N3O4S. The van der Waals surface area contributed by atoms with Gasteiger partial charge in [-0.05, 0) is 54.4 Å². The fraction of sp³-hybridized carbons (Fsp3) is 0.280. The van der Waals surface area contributed by atoms with Crippen molar-refractivity contribution in [2.75, 3.05) is 25.1 Å². The van der Waals surface area contributed by atoms with E-state index in [0.29, 0.717) is 26.2 Å². The zero-order chi connectivity index (χ0) is 23.3. The van der Waals surface area contributed by atoms with Crippen LogP contribution < -0.4 is 19.7 Å². The highest BCUT2D eigenvalue weighted by atomic mass is 32.2. The van der Waals surface area contributed by atoms with Crippen LogP contribution in [0.2, 0.25) is 0 Å². The van der Waals surface area contributed by atoms with Gasteiger partial charge in [-0.3, -0.25) is 14.9 Å². The first-order valence-corrected chi connectivity index (χ1v) is 11.6. The van der Waals surface area contributed by atoms with Crippen LogP contribution >= 0.6 is 11.8 Å². The van der Waals surface area contributed by atoms with Crippen molar-refractivity contribution < 1.29 is 19.1 Å². The Bertz CT molecular complexity index is 1100. The van der Waals surface area contributed by atoms with Crippen LogP contribution in [0.5, 0.6) is 11.5 Å². The van der Waals surface area contributed by atoms with Crippen LogP contribution in [-0.2, 0) is 17.8 Å². The fourth-order valence-corrected chi connectivity index (χ4v) is 4.55. The van der Waals surface area contributed by atoms with Crippen LogP contribution in [0.15, 0.2) is 66.9 Å². The SMILES string of the molecule is CN(CCOc1ccc(CC2(C)SC(=O)NC2=O)cc1)c1[nH]ccc1OCc1ccccc1. The van der Waals surface area contributed by atoms with Crippen molar-refractivity contribution in [2.24, 2.45) is 0 Å². The third-order valence-corrected chi connectivity index (χ3v) is 6.55. The number of likely N-dealkylation sites (N-methyl/N-ethyl adjacent to an activating group) is 1. The maximum Gasteiger partial charge on any atom is 0.286 e. The topological polar surface area (TPSA) is 83.7 Å². The van der Waals surface area contributed by atoms with Crippen molar-refractivity contribution in [1.29, 1.82) is 0 Å². The average Bonchev–Trinajstić information content (AvgIpc) is 3.37. The summed E-state index contributed by atoms with van der Waals surface area (Å²) in [6.07, 6.45) is 2.35. The Kier molecular flexibility index (Phi) is 6.93. The Morgan fingerprint density at radius 2 is 1.73 bits per heavy atom. The molecule has 1 unspecified atom stereocenters. The molecule has 172 valence electrons. The number of nitrogens with zero attached hydrogens (tertiary/aromatic N) is 1. The van der Waals surface area contributed by atoms with E-state index in [-0.39, 0.29) is 11.1 Å². The summed E-state index contributed by atoms with van der Waals surface area (Å²) >= 11 is 1.04. The van der Waals surface area contributed by atoms with Gasteiger partial charge in [-0.25, -0.2) is 0 Å². The highest BCUT2D eigenvalue weighted by Gasteiger charge is 2.43. The summed E-state index contributed by atoms with van der Waals surface area (Å²) in [6, 6.07) is 19.6. The minimum Gasteiger partial charge on any atom is -0.492 e. The molecule has 1 fully saturated rings. The van der Waals surface area contributed by atoms with Crippen LogP contribution in [0.4, 0.5) is 10.6 Å². The number of anilines is 1. The number of rotatable bonds is 10. The van der Waals surface area contributed by atoms with Crippen molar-refractivity contribution in [1.82, 2.24) is 10.3 Å². The molecule has 1 saturated heterocycles. The van der Waals surface area contributed by atoms with Gasteiger partial charge in [-0.2, -0.15) is 0 Å². The van der Waals surface area contributed by atoms with E-state index < -0.39 is 4.75 Å². The zero-order valence-electron chi connectivity index (χ0n) is 18.7. The Morgan fingerprint density at radius 1 is 0.970 bits per heavy atom. The van der Waals surface area contributed by atoms with Gasteiger partial charge in [0.15, 0.2) is 5.75 Å². The molecule has 2 amide bonds. The average molecular weight is 466 g/mol. The number of nitrogens with one attached hydrogen (secondary N) is 2. The van der Waals surface area contributed by atoms with Crippen molar-refractivity contribution in [3.8, 4) is 11.5 Å². The molecule has 2 heterocycles. The molecule has 7 nitrogen and oxygen atoms in total. The molecule has 1 aromatic heterocycles. The number of thioether (sulfide) groups is 1. The van der Waals surface area contributed by atoms with Crippen LogP contribution in [0.1, 0.15) is 18.1 Å². The number of ether oxygens (including phenoxy) is 2. The number of carbonyl (C=O) groups is 2. The molecule has 0 aliphatic carbocycles. The second-order valence-corrected chi connectivity index (χ2v) is 9.61. The highest BCUT2D eigenvalue weighted by Crippen LogP contribution is 2.35. The first kappa shape index (κ1) is 22.8. The lowest BCUT2D eigenvalue weighted by Crippen LogP contribution is -2.35. The van der Waals surface area contributed by atoms with E-state index >= 15 is 0 Å². The summed E-state index contributed by atoms with van der Waals surface area (Å²) < 4.78 is 11.1. The maximum absolute atomic E-state index is 12.0. The zero-order valence-corrected chi connectivity index (χ0v) is 19.5. The lowest BCUT2D eigenvalue weighted by molar-refractivity contribution is -0.121. The van der Waals surface area contributed by atoms with Crippen LogP contribution in [0, 0.1) is 0 Å². The number of benzene rings is 2. The predicted molar refractivity (Wildman–Crippen MR) is 130 cm³/mol. The monoisotopic (exact) mass is 465 g/mol. The van der Waals surface area contributed by atoms with Crippen molar-refractivity contribution in [2.45, 2.75) is 24.7 Å². The van der Waals surface area contributed by atoms with Gasteiger partial charge >= 0.3 is 0 Å². The van der Waals surface area contributed by atoms with Gasteiger partial charge in [0, 0.05) is 13.2 Å². The minimum absolute atomic E-state index is 0.239. The molecule has 0 bridgehead atoms. The lowest BCUT2D eigenvalue weighted by Gasteiger charge is -2.20. The number of hydrogen-bond donors (Lipinski definition) is 2. The van der Waals surface area contributed by atoms with Crippen LogP contribution in [0.25, 0.3) is 0 Å². The van der Waals surface area contributed by atoms with E-state index in [9.17, 15) is 9.59 Å². The Balaban J connectivity index is 1.25. The van der Waals surface area contributed by atoms with Gasteiger partial charge in [-0.15, -0.1) is 0 Å². The normalized spacial score (nSPS) is 17.6. The summed E-state index contributed by atoms with van der Waals surface area (Å²) in [7, 11) is 1.99. The molecule has 0 radical (unpaired) electrons. The quantitative estimate of drug-likeness (QED) is 0.462. The minimum atomic E-state index is -0.765. The summed E-state index contributed by atoms with van der Waals surface area (Å²) in [5.74, 6) is 2.22. The molecule has 1 aliphatic rings. The first-order valence-electron chi connectivity index (χ1n) is 10.7. The Hall–Kier alpha value is -3.39. The molecule has 4 rings (SSSR count). The maximum atomic E-state index is 12.0. The number of aromatic amines is 1. The van der Waals surface area contributed by atoms with Crippen molar-refractivity contribution in [3.63, 3.8) is 0 Å². The molecule has 0 saturated carbocycles. The summed E-state index contributed by atoms with van der Waals surface area (Å²) in [4.78, 5) is 28.8. The van der Waals surface area contributed by atoms with E-state index in [1.54, 1.807) is 6.92 Å². The lowest BCUT2D eigenvalue weighted by atomic mass is 9.99. The number of H-pyrrole nitrogens is 1. The molecule has 33 heavy (non-hydrogen) atoms. The van der Waals surface area contributed by atoms with Gasteiger partial charge in [0.25, 0.3) is 5.24 Å². The third kappa shape index (κ3) is 5.70. The number of aromatic nitrogens is 1.